The monoisotopic (exact) mass is 355 g/mol. The van der Waals surface area contributed by atoms with Crippen LogP contribution in [0.25, 0.3) is 0 Å². The zero-order valence-electron chi connectivity index (χ0n) is 14.1. The quantitative estimate of drug-likeness (QED) is 0.765. The molecule has 2 aliphatic heterocycles. The van der Waals surface area contributed by atoms with Gasteiger partial charge >= 0.3 is 0 Å². The van der Waals surface area contributed by atoms with Crippen LogP contribution in [0.1, 0.15) is 24.3 Å². The van der Waals surface area contributed by atoms with Crippen LogP contribution in [0, 0.1) is 0 Å². The molecule has 1 amide bonds. The van der Waals surface area contributed by atoms with E-state index >= 15 is 0 Å². The Labute approximate surface area is 140 Å². The fourth-order valence-corrected chi connectivity index (χ4v) is 5.22. The van der Waals surface area contributed by atoms with E-state index in [0.717, 1.165) is 0 Å². The Kier molecular flexibility index (Phi) is 4.21. The first-order valence-electron chi connectivity index (χ1n) is 8.04. The Morgan fingerprint density at radius 1 is 1.33 bits per heavy atom. The Morgan fingerprint density at radius 3 is 2.62 bits per heavy atom. The number of ether oxygens (including phenoxy) is 1. The second kappa shape index (κ2) is 5.93. The first kappa shape index (κ1) is 17.0. The van der Waals surface area contributed by atoms with Gasteiger partial charge in [-0.25, -0.2) is 0 Å². The van der Waals surface area contributed by atoms with E-state index in [1.54, 1.807) is 30.8 Å². The fourth-order valence-electron chi connectivity index (χ4n) is 3.30. The van der Waals surface area contributed by atoms with Crippen LogP contribution >= 0.6 is 7.14 Å². The normalized spacial score (nSPS) is 20.8. The lowest BCUT2D eigenvalue weighted by Gasteiger charge is -2.46. The van der Waals surface area contributed by atoms with Crippen LogP contribution in [-0.2, 0) is 9.30 Å². The summed E-state index contributed by atoms with van der Waals surface area (Å²) in [6.07, 6.45) is 1.78. The Morgan fingerprint density at radius 2 is 2.00 bits per heavy atom. The molecule has 24 heavy (non-hydrogen) atoms. The summed E-state index contributed by atoms with van der Waals surface area (Å²) in [6.45, 7) is 4.67. The van der Waals surface area contributed by atoms with E-state index in [2.05, 4.69) is 0 Å². The molecular formula is C15H22N3O5P. The highest BCUT2D eigenvalue weighted by Gasteiger charge is 2.41. The third kappa shape index (κ3) is 2.28. The number of hydrogen-bond acceptors (Lipinski definition) is 6. The first-order chi connectivity index (χ1) is 11.4. The maximum absolute atomic E-state index is 13.0. The molecule has 0 aromatic carbocycles. The van der Waals surface area contributed by atoms with Gasteiger partial charge < -0.3 is 19.3 Å². The van der Waals surface area contributed by atoms with Gasteiger partial charge in [-0.05, 0) is 0 Å². The summed E-state index contributed by atoms with van der Waals surface area (Å²) in [5.74, 6) is -1.04. The number of aromatic hydroxyl groups is 1. The zero-order valence-corrected chi connectivity index (χ0v) is 15.0. The molecule has 0 unspecified atom stereocenters. The van der Waals surface area contributed by atoms with Crippen molar-refractivity contribution in [1.82, 2.24) is 9.58 Å². The topological polar surface area (TPSA) is 92.1 Å². The standard InChI is InChI=1S/C15H22N3O5P/c1-4-24(22,5-2)10-8-18-12(14(20)13(10)19)15(21)17-6-7-23-9-11(17)16(18)3/h8,11,20H,4-7,9H2,1-3H3/t11-/m0/s1. The predicted octanol–water partition coefficient (Wildman–Crippen LogP) is -0.0380. The van der Waals surface area contributed by atoms with Gasteiger partial charge in [0.05, 0.1) is 18.5 Å². The van der Waals surface area contributed by atoms with Gasteiger partial charge in [-0.3, -0.25) is 19.3 Å². The van der Waals surface area contributed by atoms with E-state index in [0.29, 0.717) is 32.1 Å². The molecule has 0 spiro atoms. The number of rotatable bonds is 3. The predicted molar refractivity (Wildman–Crippen MR) is 90.5 cm³/mol. The number of morpholine rings is 1. The van der Waals surface area contributed by atoms with Crippen molar-refractivity contribution in [2.75, 3.05) is 44.1 Å². The van der Waals surface area contributed by atoms with Crippen molar-refractivity contribution in [1.29, 1.82) is 0 Å². The molecule has 132 valence electrons. The number of carbonyl (C=O) groups excluding carboxylic acids is 1. The summed E-state index contributed by atoms with van der Waals surface area (Å²) in [6, 6.07) is 0. The Balaban J connectivity index is 2.25. The molecule has 2 aliphatic rings. The Bertz CT molecular complexity index is 782. The molecular weight excluding hydrogens is 333 g/mol. The first-order valence-corrected chi connectivity index (χ1v) is 10.1. The van der Waals surface area contributed by atoms with E-state index in [-0.39, 0.29) is 17.2 Å². The number of pyridine rings is 1. The van der Waals surface area contributed by atoms with Crippen LogP contribution in [0.2, 0.25) is 0 Å². The van der Waals surface area contributed by atoms with Crippen LogP contribution in [-0.4, -0.2) is 65.9 Å². The van der Waals surface area contributed by atoms with E-state index < -0.39 is 24.2 Å². The lowest BCUT2D eigenvalue weighted by Crippen LogP contribution is -2.64. The molecule has 1 saturated heterocycles. The molecule has 0 radical (unpaired) electrons. The minimum absolute atomic E-state index is 0.0804. The second-order valence-electron chi connectivity index (χ2n) is 6.03. The van der Waals surface area contributed by atoms with Gasteiger partial charge in [-0.1, -0.05) is 13.8 Å². The van der Waals surface area contributed by atoms with Crippen LogP contribution in [0.3, 0.4) is 0 Å². The maximum atomic E-state index is 13.0. The van der Waals surface area contributed by atoms with Crippen molar-refractivity contribution in [2.24, 2.45) is 0 Å². The van der Waals surface area contributed by atoms with Gasteiger partial charge in [0, 0.05) is 32.1 Å². The minimum Gasteiger partial charge on any atom is -0.502 e. The summed E-state index contributed by atoms with van der Waals surface area (Å²) in [5, 5.41) is 12.2. The van der Waals surface area contributed by atoms with Crippen LogP contribution < -0.4 is 15.7 Å². The number of likely N-dealkylation sites (N-methyl/N-ethyl adjacent to an activating group) is 1. The molecule has 1 aromatic rings. The summed E-state index contributed by atoms with van der Waals surface area (Å²) in [4.78, 5) is 26.9. The molecule has 9 heteroatoms. The zero-order chi connectivity index (χ0) is 17.6. The van der Waals surface area contributed by atoms with Crippen LogP contribution in [0.15, 0.2) is 11.0 Å². The lowest BCUT2D eigenvalue weighted by molar-refractivity contribution is -0.0148. The second-order valence-corrected chi connectivity index (χ2v) is 9.56. The fraction of sp³-hybridized carbons (Fsp3) is 0.600. The van der Waals surface area contributed by atoms with Gasteiger partial charge in [0.2, 0.25) is 5.43 Å². The van der Waals surface area contributed by atoms with Crippen molar-refractivity contribution in [3.8, 4) is 5.75 Å². The molecule has 8 nitrogen and oxygen atoms in total. The van der Waals surface area contributed by atoms with Gasteiger partial charge in [-0.15, -0.1) is 0 Å². The van der Waals surface area contributed by atoms with E-state index in [9.17, 15) is 19.3 Å². The molecule has 3 heterocycles. The number of hydrogen-bond donors (Lipinski definition) is 1. The molecule has 1 N–H and O–H groups in total. The molecule has 0 bridgehead atoms. The van der Waals surface area contributed by atoms with E-state index in [4.69, 9.17) is 4.74 Å². The molecule has 1 atom stereocenters. The number of amides is 1. The van der Waals surface area contributed by atoms with Crippen molar-refractivity contribution >= 4 is 18.4 Å². The lowest BCUT2D eigenvalue weighted by atomic mass is 10.2. The summed E-state index contributed by atoms with van der Waals surface area (Å²) < 4.78 is 19.9. The molecule has 0 aliphatic carbocycles. The molecule has 3 rings (SSSR count). The highest BCUT2D eigenvalue weighted by molar-refractivity contribution is 7.71. The average Bonchev–Trinajstić information content (AvgIpc) is 2.61. The van der Waals surface area contributed by atoms with Crippen molar-refractivity contribution in [3.05, 3.63) is 22.1 Å². The molecule has 0 saturated carbocycles. The number of carbonyl (C=O) groups is 1. The number of aromatic nitrogens is 1. The number of fused-ring (bicyclic) bond motifs is 2. The minimum atomic E-state index is -2.90. The molecule has 1 aromatic heterocycles. The third-order valence-electron chi connectivity index (χ3n) is 4.94. The average molecular weight is 355 g/mol. The van der Waals surface area contributed by atoms with Gasteiger partial charge in [0.15, 0.2) is 11.4 Å². The summed E-state index contributed by atoms with van der Waals surface area (Å²) in [7, 11) is -1.15. The van der Waals surface area contributed by atoms with Crippen molar-refractivity contribution in [3.63, 3.8) is 0 Å². The van der Waals surface area contributed by atoms with Crippen molar-refractivity contribution in [2.45, 2.75) is 20.0 Å². The Hall–Kier alpha value is -1.79. The van der Waals surface area contributed by atoms with Crippen LogP contribution in [0.5, 0.6) is 5.75 Å². The van der Waals surface area contributed by atoms with E-state index in [1.165, 1.54) is 10.9 Å². The largest absolute Gasteiger partial charge is 0.502 e. The smallest absolute Gasteiger partial charge is 0.278 e. The van der Waals surface area contributed by atoms with Gasteiger partial charge in [0.25, 0.3) is 5.91 Å². The molecule has 1 fully saturated rings. The van der Waals surface area contributed by atoms with Gasteiger partial charge in [-0.2, -0.15) is 0 Å². The third-order valence-corrected chi connectivity index (χ3v) is 8.18. The maximum Gasteiger partial charge on any atom is 0.278 e. The SMILES string of the molecule is CCP(=O)(CC)c1cn2c(c(O)c1=O)C(=O)N1CCOC[C@H]1N2C. The number of nitrogens with zero attached hydrogens (tertiary/aromatic N) is 3. The summed E-state index contributed by atoms with van der Waals surface area (Å²) in [5.41, 5.74) is -0.787. The van der Waals surface area contributed by atoms with E-state index in [1.807, 2.05) is 0 Å². The highest BCUT2D eigenvalue weighted by Crippen LogP contribution is 2.42. The van der Waals surface area contributed by atoms with Crippen molar-refractivity contribution < 1.29 is 19.2 Å². The highest BCUT2D eigenvalue weighted by atomic mass is 31.2. The summed E-state index contributed by atoms with van der Waals surface area (Å²) >= 11 is 0. The van der Waals surface area contributed by atoms with Crippen LogP contribution in [0.4, 0.5) is 0 Å². The van der Waals surface area contributed by atoms with Gasteiger partial charge in [0.1, 0.15) is 13.3 Å².